The molecule has 0 radical (unpaired) electrons. The Hall–Kier alpha value is -7.58. The van der Waals surface area contributed by atoms with E-state index in [4.69, 9.17) is 9.47 Å². The molecule has 0 aliphatic heterocycles. The van der Waals surface area contributed by atoms with Crippen LogP contribution in [0.1, 0.15) is 211 Å². The van der Waals surface area contributed by atoms with Gasteiger partial charge < -0.3 is 28.8 Å². The highest BCUT2D eigenvalue weighted by Crippen LogP contribution is 2.51. The summed E-state index contributed by atoms with van der Waals surface area (Å²) in [6.45, 7) is 50.5. The van der Waals surface area contributed by atoms with Crippen LogP contribution >= 0.6 is 0 Å². The zero-order valence-corrected chi connectivity index (χ0v) is 59.5. The van der Waals surface area contributed by atoms with Crippen molar-refractivity contribution in [2.24, 2.45) is 10.8 Å². The van der Waals surface area contributed by atoms with Gasteiger partial charge in [-0.05, 0) is 196 Å². The largest absolute Gasteiger partial charge is 0.505 e. The first-order valence-electron chi connectivity index (χ1n) is 33.4. The normalized spacial score (nSPS) is 13.9. The van der Waals surface area contributed by atoms with E-state index in [0.717, 1.165) is 73.1 Å². The van der Waals surface area contributed by atoms with E-state index >= 15 is 8.78 Å². The van der Waals surface area contributed by atoms with Crippen molar-refractivity contribution in [1.29, 1.82) is 0 Å². The lowest BCUT2D eigenvalue weighted by Crippen LogP contribution is -2.25. The van der Waals surface area contributed by atoms with Crippen molar-refractivity contribution < 1.29 is 28.5 Å². The molecule has 2 aromatic heterocycles. The summed E-state index contributed by atoms with van der Waals surface area (Å²) in [5, 5.41) is 30.8. The maximum Gasteiger partial charge on any atom is 0.147 e. The maximum atomic E-state index is 16.6. The first-order valence-corrected chi connectivity index (χ1v) is 33.4. The standard InChI is InChI=1S/C84H102F2N2O4/c1-24-52-37-59(86)46-67(66-39-57(84(22,23)48-79(8,9)10)44-73(76(66)90)88-70-41-54(81(14,15)16)27-32-62(70)63-33-28-55(42-71(63)88)82(17,18)19)77(52)92-51(4)36-50(3)91-74-34-29-58(85)45-64(74)65-38-56(83(20,21)47-78(5,6)7)43-72(75(65)89)87-68-35-49(2)25-30-60(68)61-31-26-53(40-69(61)87)80(11,12)13/h25-35,37-46,50-51,89-90H,24,36,47-48H2,1-23H3/t50-,51+/m0/s1. The van der Waals surface area contributed by atoms with Crippen molar-refractivity contribution >= 4 is 43.6 Å². The molecule has 0 fully saturated rings. The highest BCUT2D eigenvalue weighted by molar-refractivity contribution is 6.11. The molecule has 10 aromatic rings. The molecule has 8 heteroatoms. The smallest absolute Gasteiger partial charge is 0.147 e. The topological polar surface area (TPSA) is 68.8 Å². The number of nitrogens with zero attached hydrogens (tertiary/aromatic N) is 2. The molecule has 486 valence electrons. The molecule has 0 aliphatic rings. The Kier molecular flexibility index (Phi) is 17.4. The molecule has 8 aromatic carbocycles. The Bertz CT molecular complexity index is 4410. The third kappa shape index (κ3) is 13.5. The number of halogens is 2. The molecule has 0 bridgehead atoms. The van der Waals surface area contributed by atoms with Crippen molar-refractivity contribution in [3.63, 3.8) is 0 Å². The van der Waals surface area contributed by atoms with Gasteiger partial charge in [-0.15, -0.1) is 0 Å². The summed E-state index contributed by atoms with van der Waals surface area (Å²) in [4.78, 5) is 0. The van der Waals surface area contributed by atoms with Gasteiger partial charge in [-0.1, -0.05) is 187 Å². The predicted octanol–water partition coefficient (Wildman–Crippen LogP) is 23.7. The summed E-state index contributed by atoms with van der Waals surface area (Å²) in [5.74, 6) is 0.0284. The van der Waals surface area contributed by atoms with E-state index in [9.17, 15) is 10.2 Å². The third-order valence-electron chi connectivity index (χ3n) is 18.8. The lowest BCUT2D eigenvalue weighted by atomic mass is 9.71. The monoisotopic (exact) mass is 1240 g/mol. The molecule has 0 saturated heterocycles. The maximum absolute atomic E-state index is 16.6. The van der Waals surface area contributed by atoms with Gasteiger partial charge in [0.2, 0.25) is 0 Å². The molecule has 6 nitrogen and oxygen atoms in total. The van der Waals surface area contributed by atoms with Gasteiger partial charge in [-0.2, -0.15) is 0 Å². The van der Waals surface area contributed by atoms with Crippen molar-refractivity contribution in [2.75, 3.05) is 0 Å². The molecule has 2 atom stereocenters. The number of ether oxygens (including phenoxy) is 2. The minimum absolute atomic E-state index is 0.0113. The quantitative estimate of drug-likeness (QED) is 0.107. The number of aromatic nitrogens is 2. The Morgan fingerprint density at radius 1 is 0.413 bits per heavy atom. The summed E-state index contributed by atoms with van der Waals surface area (Å²) in [6.07, 6.45) is 1.48. The van der Waals surface area contributed by atoms with Crippen molar-refractivity contribution in [1.82, 2.24) is 9.13 Å². The van der Waals surface area contributed by atoms with Crippen LogP contribution in [0.15, 0.2) is 127 Å². The Labute approximate surface area is 548 Å². The SMILES string of the molecule is CCc1cc(F)cc(-c2cc(C(C)(C)CC(C)(C)C)cc(-n3c4cc(C(C)(C)C)ccc4c4ccc(C(C)(C)C)cc43)c2O)c1O[C@H](C)C[C@H](C)Oc1ccc(F)cc1-c1cc(C(C)(C)CC(C)(C)C)cc(-n2c3cc(C)ccc3c3ccc(C(C)(C)C)cc32)c1O. The third-order valence-corrected chi connectivity index (χ3v) is 18.8. The van der Waals surface area contributed by atoms with Gasteiger partial charge in [0.1, 0.15) is 34.6 Å². The van der Waals surface area contributed by atoms with Gasteiger partial charge in [0.25, 0.3) is 0 Å². The molecule has 0 aliphatic carbocycles. The zero-order chi connectivity index (χ0) is 67.5. The van der Waals surface area contributed by atoms with Crippen LogP contribution in [-0.2, 0) is 33.5 Å². The second-order valence-electron chi connectivity index (χ2n) is 33.7. The number of rotatable bonds is 15. The summed E-state index contributed by atoms with van der Waals surface area (Å²) < 4.78 is 51.3. The fraction of sp³-hybridized carbons (Fsp3) is 0.429. The van der Waals surface area contributed by atoms with Crippen molar-refractivity contribution in [3.05, 3.63) is 178 Å². The number of fused-ring (bicyclic) bond motifs is 6. The number of hydrogen-bond donors (Lipinski definition) is 2. The van der Waals surface area contributed by atoms with Gasteiger partial charge in [0.05, 0.1) is 45.6 Å². The van der Waals surface area contributed by atoms with Crippen molar-refractivity contribution in [2.45, 2.75) is 224 Å². The fourth-order valence-corrected chi connectivity index (χ4v) is 14.7. The van der Waals surface area contributed by atoms with Crippen molar-refractivity contribution in [3.8, 4) is 56.6 Å². The molecule has 2 heterocycles. The average molecular weight is 1240 g/mol. The second kappa shape index (κ2) is 23.8. The highest BCUT2D eigenvalue weighted by atomic mass is 19.1. The fourth-order valence-electron chi connectivity index (χ4n) is 14.7. The molecule has 92 heavy (non-hydrogen) atoms. The predicted molar refractivity (Wildman–Crippen MR) is 385 cm³/mol. The number of aryl methyl sites for hydroxylation is 2. The molecule has 0 spiro atoms. The lowest BCUT2D eigenvalue weighted by Gasteiger charge is -2.34. The Morgan fingerprint density at radius 3 is 1.22 bits per heavy atom. The van der Waals surface area contributed by atoms with E-state index in [1.165, 1.54) is 41.0 Å². The Balaban J connectivity index is 1.09. The van der Waals surface area contributed by atoms with Crippen LogP contribution in [0.25, 0.3) is 77.2 Å². The molecule has 0 amide bonds. The number of hydrogen-bond acceptors (Lipinski definition) is 4. The number of aromatic hydroxyl groups is 2. The molecule has 10 rings (SSSR count). The summed E-state index contributed by atoms with van der Waals surface area (Å²) in [7, 11) is 0. The molecule has 0 saturated carbocycles. The van der Waals surface area contributed by atoms with Gasteiger partial charge in [-0.25, -0.2) is 8.78 Å². The average Bonchev–Trinajstić information content (AvgIpc) is 1.53. The van der Waals surface area contributed by atoms with E-state index in [1.54, 1.807) is 6.07 Å². The second-order valence-corrected chi connectivity index (χ2v) is 33.7. The van der Waals surface area contributed by atoms with Gasteiger partial charge in [0.15, 0.2) is 0 Å². The van der Waals surface area contributed by atoms with Gasteiger partial charge in [-0.3, -0.25) is 0 Å². The van der Waals surface area contributed by atoms with Crippen LogP contribution in [-0.4, -0.2) is 31.6 Å². The van der Waals surface area contributed by atoms with Gasteiger partial charge in [0, 0.05) is 50.2 Å². The minimum atomic E-state index is -0.507. The summed E-state index contributed by atoms with van der Waals surface area (Å²) in [5.41, 5.74) is 12.8. The van der Waals surface area contributed by atoms with Crippen LogP contribution in [0.2, 0.25) is 0 Å². The van der Waals surface area contributed by atoms with E-state index in [0.29, 0.717) is 63.5 Å². The van der Waals surface area contributed by atoms with E-state index < -0.39 is 29.3 Å². The van der Waals surface area contributed by atoms with E-state index in [-0.39, 0.29) is 44.0 Å². The molecule has 2 N–H and O–H groups in total. The first-order chi connectivity index (χ1) is 42.5. The Morgan fingerprint density at radius 2 is 0.804 bits per heavy atom. The number of benzene rings is 8. The van der Waals surface area contributed by atoms with E-state index in [2.05, 4.69) is 239 Å². The molecule has 0 unspecified atom stereocenters. The molecular weight excluding hydrogens is 1140 g/mol. The van der Waals surface area contributed by atoms with Crippen LogP contribution in [0.5, 0.6) is 23.0 Å². The zero-order valence-electron chi connectivity index (χ0n) is 59.5. The first kappa shape index (κ1) is 67.3. The summed E-state index contributed by atoms with van der Waals surface area (Å²) in [6, 6.07) is 42.5. The number of phenols is 2. The van der Waals surface area contributed by atoms with E-state index in [1.807, 2.05) is 26.8 Å². The van der Waals surface area contributed by atoms with Crippen LogP contribution in [0, 0.1) is 29.4 Å². The van der Waals surface area contributed by atoms with Gasteiger partial charge >= 0.3 is 0 Å². The van der Waals surface area contributed by atoms with Crippen LogP contribution in [0.4, 0.5) is 8.78 Å². The molecular formula is C84H102F2N2O4. The van der Waals surface area contributed by atoms with Crippen LogP contribution < -0.4 is 9.47 Å². The highest BCUT2D eigenvalue weighted by Gasteiger charge is 2.35. The number of phenolic OH excluding ortho intramolecular Hbond substituents is 2. The minimum Gasteiger partial charge on any atom is -0.505 e. The lowest BCUT2D eigenvalue weighted by molar-refractivity contribution is 0.131. The summed E-state index contributed by atoms with van der Waals surface area (Å²) >= 11 is 0. The van der Waals surface area contributed by atoms with Crippen LogP contribution in [0.3, 0.4) is 0 Å².